The second-order valence-electron chi connectivity index (χ2n) is 2.97. The fourth-order valence-electron chi connectivity index (χ4n) is 1.13. The average molecular weight is 219 g/mol. The molecule has 0 radical (unpaired) electrons. The van der Waals surface area contributed by atoms with Crippen LogP contribution >= 0.6 is 23.2 Å². The standard InChI is InChI=1S/C7H8Cl2N4/c8-5-11-6(9)13-7(12-5)10-4-2-1-3-4/h4H,1-3H2,(H,10,11,12,13). The Morgan fingerprint density at radius 1 is 1.08 bits per heavy atom. The van der Waals surface area contributed by atoms with Gasteiger partial charge in [0.25, 0.3) is 0 Å². The van der Waals surface area contributed by atoms with Crippen LogP contribution in [0.1, 0.15) is 19.3 Å². The van der Waals surface area contributed by atoms with Gasteiger partial charge in [0.1, 0.15) is 0 Å². The van der Waals surface area contributed by atoms with Crippen LogP contribution in [-0.4, -0.2) is 21.0 Å². The van der Waals surface area contributed by atoms with Crippen molar-refractivity contribution in [3.05, 3.63) is 10.6 Å². The van der Waals surface area contributed by atoms with Gasteiger partial charge in [-0.1, -0.05) is 0 Å². The van der Waals surface area contributed by atoms with Crippen molar-refractivity contribution in [1.29, 1.82) is 0 Å². The highest BCUT2D eigenvalue weighted by atomic mass is 35.5. The van der Waals surface area contributed by atoms with Crippen molar-refractivity contribution in [3.63, 3.8) is 0 Å². The third-order valence-corrected chi connectivity index (χ3v) is 2.36. The van der Waals surface area contributed by atoms with Crippen LogP contribution in [0.15, 0.2) is 0 Å². The number of halogens is 2. The van der Waals surface area contributed by atoms with Gasteiger partial charge in [-0.2, -0.15) is 15.0 Å². The molecule has 0 saturated heterocycles. The first-order valence-electron chi connectivity index (χ1n) is 4.07. The van der Waals surface area contributed by atoms with Gasteiger partial charge >= 0.3 is 0 Å². The molecule has 0 aliphatic heterocycles. The summed E-state index contributed by atoms with van der Waals surface area (Å²) in [7, 11) is 0. The summed E-state index contributed by atoms with van der Waals surface area (Å²) in [6.07, 6.45) is 3.56. The van der Waals surface area contributed by atoms with Crippen LogP contribution in [-0.2, 0) is 0 Å². The third-order valence-electron chi connectivity index (χ3n) is 2.02. The monoisotopic (exact) mass is 218 g/mol. The van der Waals surface area contributed by atoms with Crippen LogP contribution < -0.4 is 5.32 Å². The molecule has 0 unspecified atom stereocenters. The minimum atomic E-state index is 0.127. The lowest BCUT2D eigenvalue weighted by molar-refractivity contribution is 0.443. The zero-order valence-electron chi connectivity index (χ0n) is 6.80. The maximum Gasteiger partial charge on any atom is 0.228 e. The van der Waals surface area contributed by atoms with E-state index in [0.29, 0.717) is 12.0 Å². The highest BCUT2D eigenvalue weighted by molar-refractivity contribution is 6.31. The first-order chi connectivity index (χ1) is 6.24. The molecular weight excluding hydrogens is 211 g/mol. The van der Waals surface area contributed by atoms with Gasteiger partial charge in [-0.15, -0.1) is 0 Å². The van der Waals surface area contributed by atoms with E-state index in [1.807, 2.05) is 0 Å². The van der Waals surface area contributed by atoms with E-state index in [1.54, 1.807) is 0 Å². The Hall–Kier alpha value is -0.610. The maximum atomic E-state index is 5.61. The largest absolute Gasteiger partial charge is 0.351 e. The van der Waals surface area contributed by atoms with Gasteiger partial charge in [-0.25, -0.2) is 0 Å². The smallest absolute Gasteiger partial charge is 0.228 e. The average Bonchev–Trinajstić information content (AvgIpc) is 1.95. The second-order valence-corrected chi connectivity index (χ2v) is 3.65. The van der Waals surface area contributed by atoms with E-state index in [2.05, 4.69) is 20.3 Å². The quantitative estimate of drug-likeness (QED) is 0.827. The van der Waals surface area contributed by atoms with Crippen LogP contribution in [0, 0.1) is 0 Å². The lowest BCUT2D eigenvalue weighted by Gasteiger charge is -2.26. The molecule has 1 fully saturated rings. The van der Waals surface area contributed by atoms with Crippen molar-refractivity contribution in [2.45, 2.75) is 25.3 Å². The third kappa shape index (κ3) is 2.19. The first-order valence-corrected chi connectivity index (χ1v) is 4.83. The molecule has 4 nitrogen and oxygen atoms in total. The number of hydrogen-bond acceptors (Lipinski definition) is 4. The summed E-state index contributed by atoms with van der Waals surface area (Å²) in [4.78, 5) is 11.5. The van der Waals surface area contributed by atoms with Crippen molar-refractivity contribution in [3.8, 4) is 0 Å². The Kier molecular flexibility index (Phi) is 2.51. The molecular formula is C7H8Cl2N4. The molecule has 0 aromatic carbocycles. The maximum absolute atomic E-state index is 5.61. The van der Waals surface area contributed by atoms with Gasteiger partial charge in [0.2, 0.25) is 16.5 Å². The predicted octanol–water partition coefficient (Wildman–Crippen LogP) is 2.14. The Labute approximate surface area is 85.7 Å². The summed E-state index contributed by atoms with van der Waals surface area (Å²) in [6, 6.07) is 0.467. The zero-order valence-corrected chi connectivity index (χ0v) is 8.31. The molecule has 70 valence electrons. The summed E-state index contributed by atoms with van der Waals surface area (Å²) >= 11 is 11.2. The summed E-state index contributed by atoms with van der Waals surface area (Å²) in [5.41, 5.74) is 0. The number of hydrogen-bond donors (Lipinski definition) is 1. The SMILES string of the molecule is Clc1nc(Cl)nc(NC2CCC2)n1. The molecule has 1 N–H and O–H groups in total. The summed E-state index contributed by atoms with van der Waals surface area (Å²) in [5.74, 6) is 0.467. The number of nitrogens with one attached hydrogen (secondary N) is 1. The molecule has 2 rings (SSSR count). The number of aromatic nitrogens is 3. The van der Waals surface area contributed by atoms with E-state index in [1.165, 1.54) is 6.42 Å². The molecule has 0 amide bonds. The van der Waals surface area contributed by atoms with E-state index in [-0.39, 0.29) is 10.6 Å². The van der Waals surface area contributed by atoms with E-state index in [4.69, 9.17) is 23.2 Å². The Balaban J connectivity index is 2.10. The summed E-state index contributed by atoms with van der Waals surface area (Å²) in [5, 5.41) is 3.38. The normalized spacial score (nSPS) is 16.8. The fraction of sp³-hybridized carbons (Fsp3) is 0.571. The first kappa shape index (κ1) is 8.97. The van der Waals surface area contributed by atoms with Gasteiger partial charge in [0.05, 0.1) is 0 Å². The lowest BCUT2D eigenvalue weighted by Crippen LogP contribution is -2.28. The van der Waals surface area contributed by atoms with Crippen LogP contribution in [0.2, 0.25) is 10.6 Å². The Morgan fingerprint density at radius 3 is 2.15 bits per heavy atom. The van der Waals surface area contributed by atoms with Gasteiger partial charge < -0.3 is 5.32 Å². The number of rotatable bonds is 2. The van der Waals surface area contributed by atoms with Gasteiger partial charge in [0, 0.05) is 6.04 Å². The predicted molar refractivity (Wildman–Crippen MR) is 51.1 cm³/mol. The van der Waals surface area contributed by atoms with Gasteiger partial charge in [0.15, 0.2) is 0 Å². The molecule has 6 heteroatoms. The Bertz CT molecular complexity index is 293. The van der Waals surface area contributed by atoms with E-state index < -0.39 is 0 Å². The topological polar surface area (TPSA) is 50.7 Å². The molecule has 1 saturated carbocycles. The van der Waals surface area contributed by atoms with Crippen LogP contribution in [0.25, 0.3) is 0 Å². The molecule has 1 aliphatic rings. The molecule has 1 aliphatic carbocycles. The minimum Gasteiger partial charge on any atom is -0.351 e. The second kappa shape index (κ2) is 3.64. The molecule has 0 spiro atoms. The molecule has 1 aromatic heterocycles. The van der Waals surface area contributed by atoms with Crippen molar-refractivity contribution >= 4 is 29.2 Å². The highest BCUT2D eigenvalue weighted by Gasteiger charge is 2.18. The minimum absolute atomic E-state index is 0.127. The fourth-order valence-corrected chi connectivity index (χ4v) is 1.49. The molecule has 0 bridgehead atoms. The molecule has 1 aromatic rings. The Morgan fingerprint density at radius 2 is 1.69 bits per heavy atom. The zero-order chi connectivity index (χ0) is 9.26. The number of anilines is 1. The van der Waals surface area contributed by atoms with Crippen LogP contribution in [0.4, 0.5) is 5.95 Å². The summed E-state index contributed by atoms with van der Waals surface area (Å²) in [6.45, 7) is 0. The van der Waals surface area contributed by atoms with E-state index >= 15 is 0 Å². The van der Waals surface area contributed by atoms with Crippen molar-refractivity contribution in [2.24, 2.45) is 0 Å². The van der Waals surface area contributed by atoms with Crippen molar-refractivity contribution in [2.75, 3.05) is 5.32 Å². The van der Waals surface area contributed by atoms with Crippen molar-refractivity contribution < 1.29 is 0 Å². The highest BCUT2D eigenvalue weighted by Crippen LogP contribution is 2.22. The summed E-state index contributed by atoms with van der Waals surface area (Å²) < 4.78 is 0. The van der Waals surface area contributed by atoms with E-state index in [9.17, 15) is 0 Å². The van der Waals surface area contributed by atoms with Crippen LogP contribution in [0.3, 0.4) is 0 Å². The molecule has 0 atom stereocenters. The number of nitrogens with zero attached hydrogens (tertiary/aromatic N) is 3. The van der Waals surface area contributed by atoms with Gasteiger partial charge in [-0.3, -0.25) is 0 Å². The molecule has 13 heavy (non-hydrogen) atoms. The van der Waals surface area contributed by atoms with E-state index in [0.717, 1.165) is 12.8 Å². The lowest BCUT2D eigenvalue weighted by atomic mass is 9.93. The van der Waals surface area contributed by atoms with Crippen LogP contribution in [0.5, 0.6) is 0 Å². The van der Waals surface area contributed by atoms with Gasteiger partial charge in [-0.05, 0) is 42.5 Å². The van der Waals surface area contributed by atoms with Crippen molar-refractivity contribution in [1.82, 2.24) is 15.0 Å². The molecule has 1 heterocycles.